The standard InChI is InChI=1S/C22H20N2O4/c25-22(23-15-18-9-5-2-6-10-18)16-28-21-12-11-20(24(26)27)14-19(21)13-17-7-3-1-4-8-17/h1-12,14H,13,15-16H2,(H,23,25). The molecule has 0 fully saturated rings. The van der Waals surface area contributed by atoms with E-state index in [1.165, 1.54) is 12.1 Å². The molecule has 3 rings (SSSR count). The van der Waals surface area contributed by atoms with Crippen molar-refractivity contribution in [2.24, 2.45) is 0 Å². The maximum Gasteiger partial charge on any atom is 0.269 e. The lowest BCUT2D eigenvalue weighted by atomic mass is 10.0. The third kappa shape index (κ3) is 5.41. The molecular weight excluding hydrogens is 356 g/mol. The number of benzene rings is 3. The van der Waals surface area contributed by atoms with E-state index in [0.29, 0.717) is 24.3 Å². The second kappa shape index (κ2) is 9.32. The van der Waals surface area contributed by atoms with Crippen molar-refractivity contribution in [3.8, 4) is 5.75 Å². The molecule has 28 heavy (non-hydrogen) atoms. The van der Waals surface area contributed by atoms with Gasteiger partial charge in [0, 0.05) is 30.7 Å². The Labute approximate surface area is 162 Å². The van der Waals surface area contributed by atoms with Crippen LogP contribution in [0.5, 0.6) is 5.75 Å². The van der Waals surface area contributed by atoms with Crippen LogP contribution in [0.3, 0.4) is 0 Å². The number of carbonyl (C=O) groups excluding carboxylic acids is 1. The second-order valence-corrected chi connectivity index (χ2v) is 6.26. The first-order valence-corrected chi connectivity index (χ1v) is 8.86. The topological polar surface area (TPSA) is 81.5 Å². The first-order chi connectivity index (χ1) is 13.6. The minimum Gasteiger partial charge on any atom is -0.483 e. The molecule has 3 aromatic rings. The molecule has 0 aromatic heterocycles. The highest BCUT2D eigenvalue weighted by Crippen LogP contribution is 2.26. The number of ether oxygens (including phenoxy) is 1. The molecule has 3 aromatic carbocycles. The van der Waals surface area contributed by atoms with Gasteiger partial charge in [-0.25, -0.2) is 0 Å². The van der Waals surface area contributed by atoms with Crippen molar-refractivity contribution >= 4 is 11.6 Å². The molecule has 0 unspecified atom stereocenters. The summed E-state index contributed by atoms with van der Waals surface area (Å²) in [5.41, 5.74) is 2.65. The Bertz CT molecular complexity index is 943. The number of non-ortho nitro benzene ring substituents is 1. The minimum atomic E-state index is -0.440. The zero-order valence-electron chi connectivity index (χ0n) is 15.2. The van der Waals surface area contributed by atoms with Crippen LogP contribution in [-0.4, -0.2) is 17.4 Å². The lowest BCUT2D eigenvalue weighted by Crippen LogP contribution is -2.28. The van der Waals surface area contributed by atoms with Crippen LogP contribution >= 0.6 is 0 Å². The van der Waals surface area contributed by atoms with Gasteiger partial charge in [-0.2, -0.15) is 0 Å². The molecule has 0 radical (unpaired) electrons. The van der Waals surface area contributed by atoms with Crippen molar-refractivity contribution in [3.63, 3.8) is 0 Å². The lowest BCUT2D eigenvalue weighted by molar-refractivity contribution is -0.384. The minimum absolute atomic E-state index is 0.00758. The van der Waals surface area contributed by atoms with Crippen molar-refractivity contribution in [2.45, 2.75) is 13.0 Å². The van der Waals surface area contributed by atoms with Gasteiger partial charge in [0.15, 0.2) is 6.61 Å². The van der Waals surface area contributed by atoms with Crippen LogP contribution in [0.4, 0.5) is 5.69 Å². The quantitative estimate of drug-likeness (QED) is 0.478. The number of amides is 1. The summed E-state index contributed by atoms with van der Waals surface area (Å²) in [6, 6.07) is 23.6. The largest absolute Gasteiger partial charge is 0.483 e. The molecule has 0 aliphatic rings. The molecule has 0 aliphatic heterocycles. The summed E-state index contributed by atoms with van der Waals surface area (Å²) < 4.78 is 5.66. The van der Waals surface area contributed by atoms with Gasteiger partial charge in [-0.05, 0) is 17.2 Å². The molecule has 0 aliphatic carbocycles. The van der Waals surface area contributed by atoms with Gasteiger partial charge >= 0.3 is 0 Å². The predicted octanol–water partition coefficient (Wildman–Crippen LogP) is 3.88. The van der Waals surface area contributed by atoms with Crippen molar-refractivity contribution in [2.75, 3.05) is 6.61 Å². The van der Waals surface area contributed by atoms with Crippen molar-refractivity contribution in [1.82, 2.24) is 5.32 Å². The van der Waals surface area contributed by atoms with Gasteiger partial charge in [0.25, 0.3) is 11.6 Å². The smallest absolute Gasteiger partial charge is 0.269 e. The fourth-order valence-corrected chi connectivity index (χ4v) is 2.76. The van der Waals surface area contributed by atoms with Crippen molar-refractivity contribution < 1.29 is 14.5 Å². The lowest BCUT2D eigenvalue weighted by Gasteiger charge is -2.12. The van der Waals surface area contributed by atoms with Crippen molar-refractivity contribution in [1.29, 1.82) is 0 Å². The van der Waals surface area contributed by atoms with E-state index in [2.05, 4.69) is 5.32 Å². The Morgan fingerprint density at radius 3 is 2.21 bits per heavy atom. The monoisotopic (exact) mass is 376 g/mol. The van der Waals surface area contributed by atoms with Crippen LogP contribution in [-0.2, 0) is 17.8 Å². The molecule has 6 heteroatoms. The number of nitrogens with one attached hydrogen (secondary N) is 1. The van der Waals surface area contributed by atoms with Crippen LogP contribution in [0.15, 0.2) is 78.9 Å². The Kier molecular flexibility index (Phi) is 6.36. The van der Waals surface area contributed by atoms with Crippen LogP contribution in [0, 0.1) is 10.1 Å². The van der Waals surface area contributed by atoms with Crippen LogP contribution in [0.25, 0.3) is 0 Å². The second-order valence-electron chi connectivity index (χ2n) is 6.26. The van der Waals surface area contributed by atoms with Gasteiger partial charge in [-0.15, -0.1) is 0 Å². The highest BCUT2D eigenvalue weighted by atomic mass is 16.6. The van der Waals surface area contributed by atoms with Gasteiger partial charge < -0.3 is 10.1 Å². The summed E-state index contributed by atoms with van der Waals surface area (Å²) >= 11 is 0. The molecule has 1 N–H and O–H groups in total. The molecule has 0 saturated heterocycles. The van der Waals surface area contributed by atoms with Crippen LogP contribution < -0.4 is 10.1 Å². The Morgan fingerprint density at radius 2 is 1.57 bits per heavy atom. The van der Waals surface area contributed by atoms with Gasteiger partial charge in [0.2, 0.25) is 0 Å². The third-order valence-electron chi connectivity index (χ3n) is 4.18. The maximum absolute atomic E-state index is 12.1. The summed E-state index contributed by atoms with van der Waals surface area (Å²) in [6.07, 6.45) is 0.476. The van der Waals surface area contributed by atoms with Crippen LogP contribution in [0.2, 0.25) is 0 Å². The molecule has 0 saturated carbocycles. The van der Waals surface area contributed by atoms with Gasteiger partial charge in [0.1, 0.15) is 5.75 Å². The summed E-state index contributed by atoms with van der Waals surface area (Å²) in [5, 5.41) is 13.9. The zero-order chi connectivity index (χ0) is 19.8. The fourth-order valence-electron chi connectivity index (χ4n) is 2.76. The number of nitro benzene ring substituents is 1. The van der Waals surface area contributed by atoms with Gasteiger partial charge in [0.05, 0.1) is 4.92 Å². The van der Waals surface area contributed by atoms with E-state index in [1.807, 2.05) is 60.7 Å². The van der Waals surface area contributed by atoms with E-state index in [-0.39, 0.29) is 18.2 Å². The normalized spacial score (nSPS) is 10.3. The van der Waals surface area contributed by atoms with E-state index < -0.39 is 4.92 Å². The molecular formula is C22H20N2O4. The first kappa shape index (κ1) is 19.1. The number of nitro groups is 1. The summed E-state index contributed by atoms with van der Waals surface area (Å²) in [6.45, 7) is 0.257. The average molecular weight is 376 g/mol. The fraction of sp³-hybridized carbons (Fsp3) is 0.136. The van der Waals surface area contributed by atoms with E-state index in [9.17, 15) is 14.9 Å². The highest BCUT2D eigenvalue weighted by molar-refractivity contribution is 5.77. The average Bonchev–Trinajstić information content (AvgIpc) is 2.72. The maximum atomic E-state index is 12.1. The Hall–Kier alpha value is -3.67. The molecule has 142 valence electrons. The molecule has 6 nitrogen and oxygen atoms in total. The van der Waals surface area contributed by atoms with E-state index >= 15 is 0 Å². The van der Waals surface area contributed by atoms with E-state index in [0.717, 1.165) is 11.1 Å². The summed E-state index contributed by atoms with van der Waals surface area (Å²) in [7, 11) is 0. The third-order valence-corrected chi connectivity index (χ3v) is 4.18. The number of carbonyl (C=O) groups is 1. The summed E-state index contributed by atoms with van der Waals surface area (Å²) in [5.74, 6) is 0.206. The molecule has 0 spiro atoms. The van der Waals surface area contributed by atoms with E-state index in [1.54, 1.807) is 6.07 Å². The first-order valence-electron chi connectivity index (χ1n) is 8.86. The molecule has 0 bridgehead atoms. The Morgan fingerprint density at radius 1 is 0.929 bits per heavy atom. The number of rotatable bonds is 8. The number of nitrogens with zero attached hydrogens (tertiary/aromatic N) is 1. The van der Waals surface area contributed by atoms with E-state index in [4.69, 9.17) is 4.74 Å². The van der Waals surface area contributed by atoms with Gasteiger partial charge in [-0.3, -0.25) is 14.9 Å². The predicted molar refractivity (Wildman–Crippen MR) is 106 cm³/mol. The highest BCUT2D eigenvalue weighted by Gasteiger charge is 2.13. The zero-order valence-corrected chi connectivity index (χ0v) is 15.2. The molecule has 0 heterocycles. The summed E-state index contributed by atoms with van der Waals surface area (Å²) in [4.78, 5) is 22.8. The molecule has 0 atom stereocenters. The van der Waals surface area contributed by atoms with Crippen molar-refractivity contribution in [3.05, 3.63) is 106 Å². The molecule has 1 amide bonds. The van der Waals surface area contributed by atoms with Crippen LogP contribution in [0.1, 0.15) is 16.7 Å². The Balaban J connectivity index is 1.66. The van der Waals surface area contributed by atoms with Gasteiger partial charge in [-0.1, -0.05) is 60.7 Å². The SMILES string of the molecule is O=C(COc1ccc([N+](=O)[O-])cc1Cc1ccccc1)NCc1ccccc1. The number of hydrogen-bond acceptors (Lipinski definition) is 4. The number of hydrogen-bond donors (Lipinski definition) is 1.